The van der Waals surface area contributed by atoms with Crippen molar-refractivity contribution >= 4 is 57.9 Å². The molecule has 0 radical (unpaired) electrons. The molecule has 1 amide bonds. The van der Waals surface area contributed by atoms with E-state index in [2.05, 4.69) is 20.6 Å². The second-order valence-electron chi connectivity index (χ2n) is 5.70. The first-order valence-corrected chi connectivity index (χ1v) is 8.99. The molecule has 3 rings (SSSR count). The number of nitrogens with one attached hydrogen (secondary N) is 2. The fourth-order valence-electron chi connectivity index (χ4n) is 2.23. The van der Waals surface area contributed by atoms with Crippen molar-refractivity contribution in [2.75, 3.05) is 10.6 Å². The van der Waals surface area contributed by atoms with E-state index >= 15 is 0 Å². The van der Waals surface area contributed by atoms with Gasteiger partial charge in [0.1, 0.15) is 11.0 Å². The zero-order valence-electron chi connectivity index (χ0n) is 14.2. The highest BCUT2D eigenvalue weighted by Crippen LogP contribution is 2.33. The Labute approximate surface area is 177 Å². The number of hydrogen-bond acceptors (Lipinski definition) is 4. The Morgan fingerprint density at radius 2 is 1.55 bits per heavy atom. The molecule has 5 nitrogen and oxygen atoms in total. The molecule has 11 heteroatoms. The molecule has 0 spiro atoms. The average molecular weight is 462 g/mol. The SMILES string of the molecule is O=C(Nc1ccc(Nc2ncc(C(F)(F)F)cc2Cl)cc1)c1cnc(Cl)cc1Cl. The van der Waals surface area contributed by atoms with Crippen LogP contribution in [0.5, 0.6) is 0 Å². The van der Waals surface area contributed by atoms with Gasteiger partial charge in [-0.25, -0.2) is 9.97 Å². The molecule has 0 aliphatic rings. The van der Waals surface area contributed by atoms with Gasteiger partial charge < -0.3 is 10.6 Å². The molecule has 2 heterocycles. The summed E-state index contributed by atoms with van der Waals surface area (Å²) in [6.45, 7) is 0. The summed E-state index contributed by atoms with van der Waals surface area (Å²) in [4.78, 5) is 19.8. The highest BCUT2D eigenvalue weighted by molar-refractivity contribution is 6.36. The third-order valence-electron chi connectivity index (χ3n) is 3.64. The molecule has 0 fully saturated rings. The number of rotatable bonds is 4. The maximum atomic E-state index is 12.7. The van der Waals surface area contributed by atoms with Crippen molar-refractivity contribution in [2.24, 2.45) is 0 Å². The van der Waals surface area contributed by atoms with Crippen molar-refractivity contribution in [3.05, 3.63) is 75.1 Å². The van der Waals surface area contributed by atoms with Crippen molar-refractivity contribution in [1.29, 1.82) is 0 Å². The zero-order chi connectivity index (χ0) is 21.2. The molecule has 150 valence electrons. The summed E-state index contributed by atoms with van der Waals surface area (Å²) in [6, 6.07) is 8.48. The molecule has 3 aromatic rings. The van der Waals surface area contributed by atoms with E-state index < -0.39 is 17.6 Å². The van der Waals surface area contributed by atoms with E-state index in [9.17, 15) is 18.0 Å². The first kappa shape index (κ1) is 21.2. The number of halogens is 6. The predicted octanol–water partition coefficient (Wildman–Crippen LogP) is 6.45. The van der Waals surface area contributed by atoms with Gasteiger partial charge in [-0.3, -0.25) is 4.79 Å². The summed E-state index contributed by atoms with van der Waals surface area (Å²) in [5, 5.41) is 5.60. The largest absolute Gasteiger partial charge is 0.417 e. The summed E-state index contributed by atoms with van der Waals surface area (Å²) >= 11 is 17.5. The molecule has 0 aliphatic heterocycles. The van der Waals surface area contributed by atoms with Crippen LogP contribution in [0.3, 0.4) is 0 Å². The van der Waals surface area contributed by atoms with Crippen LogP contribution in [-0.2, 0) is 6.18 Å². The maximum Gasteiger partial charge on any atom is 0.417 e. The molecule has 2 N–H and O–H groups in total. The topological polar surface area (TPSA) is 66.9 Å². The van der Waals surface area contributed by atoms with Crippen LogP contribution in [0.25, 0.3) is 0 Å². The molecule has 0 saturated carbocycles. The minimum atomic E-state index is -4.53. The van der Waals surface area contributed by atoms with E-state index in [1.807, 2.05) is 0 Å². The molecule has 2 aromatic heterocycles. The van der Waals surface area contributed by atoms with E-state index in [0.29, 0.717) is 17.6 Å². The molecule has 0 saturated heterocycles. The van der Waals surface area contributed by atoms with E-state index in [4.69, 9.17) is 34.8 Å². The maximum absolute atomic E-state index is 12.7. The third kappa shape index (κ3) is 5.29. The Bertz CT molecular complexity index is 1060. The molecule has 29 heavy (non-hydrogen) atoms. The van der Waals surface area contributed by atoms with Crippen LogP contribution >= 0.6 is 34.8 Å². The standard InChI is InChI=1S/C18H10Cl3F3N4O/c19-13-6-15(21)25-8-12(13)17(29)28-11-3-1-10(2-4-11)27-16-14(20)5-9(7-26-16)18(22,23)24/h1-8H,(H,26,27)(H,28,29). The fourth-order valence-corrected chi connectivity index (χ4v) is 2.90. The highest BCUT2D eigenvalue weighted by atomic mass is 35.5. The molecular formula is C18H10Cl3F3N4O. The molecule has 0 bridgehead atoms. The predicted molar refractivity (Wildman–Crippen MR) is 106 cm³/mol. The van der Waals surface area contributed by atoms with Gasteiger partial charge in [0.25, 0.3) is 5.91 Å². The summed E-state index contributed by atoms with van der Waals surface area (Å²) < 4.78 is 38.0. The lowest BCUT2D eigenvalue weighted by Gasteiger charge is -2.11. The number of aromatic nitrogens is 2. The van der Waals surface area contributed by atoms with Crippen LogP contribution in [0.2, 0.25) is 15.2 Å². The van der Waals surface area contributed by atoms with E-state index in [1.54, 1.807) is 24.3 Å². The van der Waals surface area contributed by atoms with Crippen LogP contribution in [0.4, 0.5) is 30.4 Å². The number of alkyl halides is 3. The smallest absolute Gasteiger partial charge is 0.339 e. The quantitative estimate of drug-likeness (QED) is 0.438. The molecule has 0 unspecified atom stereocenters. The van der Waals surface area contributed by atoms with E-state index in [0.717, 1.165) is 6.07 Å². The third-order valence-corrected chi connectivity index (χ3v) is 4.45. The molecule has 1 aromatic carbocycles. The van der Waals surface area contributed by atoms with Gasteiger partial charge in [0.15, 0.2) is 0 Å². The average Bonchev–Trinajstić information content (AvgIpc) is 2.64. The lowest BCUT2D eigenvalue weighted by molar-refractivity contribution is -0.137. The number of nitrogens with zero attached hydrogens (tertiary/aromatic N) is 2. The molecule has 0 atom stereocenters. The lowest BCUT2D eigenvalue weighted by atomic mass is 10.2. The monoisotopic (exact) mass is 460 g/mol. The van der Waals surface area contributed by atoms with Gasteiger partial charge in [-0.05, 0) is 36.4 Å². The number of benzene rings is 1. The van der Waals surface area contributed by atoms with Crippen molar-refractivity contribution in [1.82, 2.24) is 9.97 Å². The lowest BCUT2D eigenvalue weighted by Crippen LogP contribution is -2.12. The van der Waals surface area contributed by atoms with Crippen molar-refractivity contribution in [2.45, 2.75) is 6.18 Å². The summed E-state index contributed by atoms with van der Waals surface area (Å²) in [5.41, 5.74) is 0.168. The minimum absolute atomic E-state index is 0.0653. The minimum Gasteiger partial charge on any atom is -0.339 e. The summed E-state index contributed by atoms with van der Waals surface area (Å²) in [5.74, 6) is -0.414. The van der Waals surface area contributed by atoms with Gasteiger partial charge in [0.05, 0.1) is 21.2 Å². The van der Waals surface area contributed by atoms with Gasteiger partial charge in [0, 0.05) is 23.8 Å². The fraction of sp³-hybridized carbons (Fsp3) is 0.0556. The zero-order valence-corrected chi connectivity index (χ0v) is 16.5. The highest BCUT2D eigenvalue weighted by Gasteiger charge is 2.31. The number of hydrogen-bond donors (Lipinski definition) is 2. The number of carbonyl (C=O) groups is 1. The van der Waals surface area contributed by atoms with Gasteiger partial charge >= 0.3 is 6.18 Å². The van der Waals surface area contributed by atoms with Crippen LogP contribution in [0.1, 0.15) is 15.9 Å². The molecular weight excluding hydrogens is 452 g/mol. The summed E-state index contributed by atoms with van der Waals surface area (Å²) in [7, 11) is 0. The Kier molecular flexibility index (Phi) is 6.16. The normalized spacial score (nSPS) is 11.2. The summed E-state index contributed by atoms with van der Waals surface area (Å²) in [6.07, 6.45) is -2.58. The van der Waals surface area contributed by atoms with Crippen molar-refractivity contribution in [3.8, 4) is 0 Å². The van der Waals surface area contributed by atoms with E-state index in [-0.39, 0.29) is 26.6 Å². The van der Waals surface area contributed by atoms with E-state index in [1.165, 1.54) is 12.3 Å². The second-order valence-corrected chi connectivity index (χ2v) is 6.90. The first-order chi connectivity index (χ1) is 13.6. The number of amides is 1. The number of anilines is 3. The number of pyridine rings is 2. The van der Waals surface area contributed by atoms with Crippen LogP contribution in [0.15, 0.2) is 48.8 Å². The number of carbonyl (C=O) groups excluding carboxylic acids is 1. The Morgan fingerprint density at radius 1 is 0.897 bits per heavy atom. The Hall–Kier alpha value is -2.55. The first-order valence-electron chi connectivity index (χ1n) is 7.86. The van der Waals surface area contributed by atoms with Crippen LogP contribution < -0.4 is 10.6 Å². The van der Waals surface area contributed by atoms with Crippen LogP contribution in [-0.4, -0.2) is 15.9 Å². The van der Waals surface area contributed by atoms with Gasteiger partial charge in [0.2, 0.25) is 0 Å². The Balaban J connectivity index is 1.70. The van der Waals surface area contributed by atoms with Gasteiger partial charge in [-0.2, -0.15) is 13.2 Å². The molecule has 0 aliphatic carbocycles. The van der Waals surface area contributed by atoms with Crippen LogP contribution in [0, 0.1) is 0 Å². The van der Waals surface area contributed by atoms with Crippen molar-refractivity contribution < 1.29 is 18.0 Å². The van der Waals surface area contributed by atoms with Gasteiger partial charge in [-0.1, -0.05) is 34.8 Å². The van der Waals surface area contributed by atoms with Gasteiger partial charge in [-0.15, -0.1) is 0 Å². The van der Waals surface area contributed by atoms with Crippen molar-refractivity contribution in [3.63, 3.8) is 0 Å². The second kappa shape index (κ2) is 8.44. The Morgan fingerprint density at radius 3 is 2.14 bits per heavy atom.